The molecule has 3 rings (SSSR count). The summed E-state index contributed by atoms with van der Waals surface area (Å²) in [5, 5.41) is 39.6. The molecule has 31 heavy (non-hydrogen) atoms. The van der Waals surface area contributed by atoms with Crippen LogP contribution in [-0.2, 0) is 16.5 Å². The van der Waals surface area contributed by atoms with E-state index >= 15 is 0 Å². The number of aromatic nitrogens is 1. The Morgan fingerprint density at radius 3 is 1.35 bits per heavy atom. The van der Waals surface area contributed by atoms with Gasteiger partial charge in [-0.3, -0.25) is 0 Å². The van der Waals surface area contributed by atoms with Crippen LogP contribution < -0.4 is 10.2 Å². The molecule has 3 aromatic rings. The fourth-order valence-corrected chi connectivity index (χ4v) is 2.46. The van der Waals surface area contributed by atoms with E-state index in [1.54, 1.807) is 80.6 Å². The molecule has 0 unspecified atom stereocenters. The van der Waals surface area contributed by atoms with Gasteiger partial charge in [-0.15, -0.1) is 0 Å². The Morgan fingerprint density at radius 2 is 0.968 bits per heavy atom. The minimum absolute atomic E-state index is 0. The summed E-state index contributed by atoms with van der Waals surface area (Å²) in [6.45, 7) is 3.42. The molecule has 7 nitrogen and oxygen atoms in total. The van der Waals surface area contributed by atoms with Crippen molar-refractivity contribution in [3.63, 3.8) is 0 Å². The van der Waals surface area contributed by atoms with Crippen LogP contribution in [0.1, 0.15) is 36.4 Å². The summed E-state index contributed by atoms with van der Waals surface area (Å²) in [4.78, 5) is 4.47. The molecule has 0 N–H and O–H groups in total. The summed E-state index contributed by atoms with van der Waals surface area (Å²) in [7, 11) is 0. The van der Waals surface area contributed by atoms with Crippen molar-refractivity contribution in [2.24, 2.45) is 20.4 Å². The van der Waals surface area contributed by atoms with Crippen LogP contribution in [-0.4, -0.2) is 28.2 Å². The third-order valence-electron chi connectivity index (χ3n) is 4.11. The van der Waals surface area contributed by atoms with Gasteiger partial charge in [0.05, 0.1) is 22.8 Å². The van der Waals surface area contributed by atoms with Gasteiger partial charge in [0.1, 0.15) is 0 Å². The number of pyridine rings is 1. The Morgan fingerprint density at radius 1 is 0.581 bits per heavy atom. The standard InChI is InChI=1S/C23H21N5O2.Ni/c1-16(25-27-22(29)18-10-5-3-6-11-18)20-14-9-15-21(24-20)17(2)26-28-23(30)19-12-7-4-8-13-19;/h3-15H,1-2H3,(H,27,29)(H,28,30);/q;+2/p-2/b25-16+,26-17+;. The Bertz CT molecular complexity index is 1040. The Hall–Kier alpha value is -3.64. The molecule has 0 atom stereocenters. The van der Waals surface area contributed by atoms with E-state index in [4.69, 9.17) is 0 Å². The van der Waals surface area contributed by atoms with Gasteiger partial charge in [-0.25, -0.2) is 4.98 Å². The summed E-state index contributed by atoms with van der Waals surface area (Å²) in [6, 6.07) is 22.7. The number of nitrogens with zero attached hydrogens (tertiary/aromatic N) is 5. The molecule has 0 aliphatic carbocycles. The first-order valence-electron chi connectivity index (χ1n) is 9.22. The maximum Gasteiger partial charge on any atom is 2.00 e. The second-order valence-electron chi connectivity index (χ2n) is 6.32. The van der Waals surface area contributed by atoms with Crippen LogP contribution in [0.15, 0.2) is 99.3 Å². The van der Waals surface area contributed by atoms with Crippen molar-refractivity contribution in [2.45, 2.75) is 13.8 Å². The first kappa shape index (κ1) is 23.6. The van der Waals surface area contributed by atoms with E-state index in [1.165, 1.54) is 0 Å². The number of rotatable bonds is 6. The van der Waals surface area contributed by atoms with Gasteiger partial charge >= 0.3 is 16.5 Å². The molecule has 0 aliphatic heterocycles. The average molecular weight is 456 g/mol. The number of hydrogen-bond donors (Lipinski definition) is 0. The quantitative estimate of drug-likeness (QED) is 0.246. The molecule has 0 amide bonds. The summed E-state index contributed by atoms with van der Waals surface area (Å²) in [6.07, 6.45) is 0. The van der Waals surface area contributed by atoms with Crippen molar-refractivity contribution < 1.29 is 26.7 Å². The molecule has 0 saturated carbocycles. The second kappa shape index (κ2) is 11.5. The van der Waals surface area contributed by atoms with Crippen molar-refractivity contribution in [2.75, 3.05) is 0 Å². The number of benzene rings is 2. The van der Waals surface area contributed by atoms with Crippen molar-refractivity contribution in [3.8, 4) is 0 Å². The third kappa shape index (κ3) is 6.69. The van der Waals surface area contributed by atoms with E-state index in [0.29, 0.717) is 33.9 Å². The topological polar surface area (TPSA) is 108 Å². The van der Waals surface area contributed by atoms with Crippen LogP contribution in [0.25, 0.3) is 0 Å². The number of hydrogen-bond acceptors (Lipinski definition) is 7. The van der Waals surface area contributed by atoms with Crippen LogP contribution in [0.4, 0.5) is 0 Å². The van der Waals surface area contributed by atoms with Crippen LogP contribution in [0.2, 0.25) is 0 Å². The molecular weight excluding hydrogens is 437 g/mol. The molecule has 2 aromatic carbocycles. The molecule has 0 radical (unpaired) electrons. The third-order valence-corrected chi connectivity index (χ3v) is 4.11. The van der Waals surface area contributed by atoms with Crippen LogP contribution >= 0.6 is 0 Å². The smallest absolute Gasteiger partial charge is 0.857 e. The molecule has 0 aliphatic rings. The Kier molecular flexibility index (Phi) is 8.79. The van der Waals surface area contributed by atoms with Gasteiger partial charge in [0.15, 0.2) is 0 Å². The first-order valence-corrected chi connectivity index (χ1v) is 9.22. The largest absolute Gasteiger partial charge is 2.00 e. The minimum atomic E-state index is -0.429. The van der Waals surface area contributed by atoms with Gasteiger partial charge in [0.25, 0.3) is 0 Å². The Labute approximate surface area is 190 Å². The fourth-order valence-electron chi connectivity index (χ4n) is 2.46. The summed E-state index contributed by atoms with van der Waals surface area (Å²) in [5.41, 5.74) is 2.96. The molecule has 1 aromatic heterocycles. The van der Waals surface area contributed by atoms with Crippen molar-refractivity contribution >= 4 is 23.2 Å². The molecule has 0 bridgehead atoms. The van der Waals surface area contributed by atoms with Gasteiger partial charge in [-0.05, 0) is 37.1 Å². The molecular formula is C23H19N5NiO2. The van der Waals surface area contributed by atoms with Crippen molar-refractivity contribution in [1.29, 1.82) is 0 Å². The second-order valence-corrected chi connectivity index (χ2v) is 6.32. The van der Waals surface area contributed by atoms with E-state index < -0.39 is 11.8 Å². The molecule has 1 heterocycles. The normalized spacial score (nSPS) is 13.0. The predicted octanol–water partition coefficient (Wildman–Crippen LogP) is 2.14. The molecule has 0 spiro atoms. The van der Waals surface area contributed by atoms with Gasteiger partial charge < -0.3 is 10.2 Å². The predicted molar refractivity (Wildman–Crippen MR) is 115 cm³/mol. The molecule has 0 fully saturated rings. The Balaban J connectivity index is 0.00000341. The monoisotopic (exact) mass is 455 g/mol. The zero-order valence-electron chi connectivity index (χ0n) is 16.9. The summed E-state index contributed by atoms with van der Waals surface area (Å²) in [5.74, 6) is -0.857. The maximum absolute atomic E-state index is 12.1. The molecule has 158 valence electrons. The SMILES string of the molecule is C/C(=N\N=C(/[O-])c1ccccc1)c1cccc(/C(C)=N/N=C(\[O-])c2ccccc2)n1.[Ni+2]. The molecule has 0 saturated heterocycles. The maximum atomic E-state index is 12.1. The first-order chi connectivity index (χ1) is 14.5. The summed E-state index contributed by atoms with van der Waals surface area (Å²) >= 11 is 0. The van der Waals surface area contributed by atoms with E-state index in [9.17, 15) is 10.2 Å². The van der Waals surface area contributed by atoms with Crippen LogP contribution in [0, 0.1) is 0 Å². The van der Waals surface area contributed by atoms with Crippen molar-refractivity contribution in [1.82, 2.24) is 4.98 Å². The van der Waals surface area contributed by atoms with Gasteiger partial charge in [-0.1, -0.05) is 66.7 Å². The molecule has 8 heteroatoms. The van der Waals surface area contributed by atoms with E-state index in [1.807, 2.05) is 12.1 Å². The van der Waals surface area contributed by atoms with Crippen LogP contribution in [0.5, 0.6) is 0 Å². The van der Waals surface area contributed by atoms with Crippen molar-refractivity contribution in [3.05, 3.63) is 101 Å². The van der Waals surface area contributed by atoms with E-state index in [-0.39, 0.29) is 16.5 Å². The van der Waals surface area contributed by atoms with Crippen LogP contribution in [0.3, 0.4) is 0 Å². The zero-order valence-corrected chi connectivity index (χ0v) is 17.9. The van der Waals surface area contributed by atoms with Gasteiger partial charge in [-0.2, -0.15) is 20.4 Å². The fraction of sp³-hybridized carbons (Fsp3) is 0.0870. The minimum Gasteiger partial charge on any atom is -0.857 e. The van der Waals surface area contributed by atoms with E-state index in [2.05, 4.69) is 25.4 Å². The van der Waals surface area contributed by atoms with Gasteiger partial charge in [0, 0.05) is 11.8 Å². The average Bonchev–Trinajstić information content (AvgIpc) is 2.81. The van der Waals surface area contributed by atoms with Gasteiger partial charge in [0.2, 0.25) is 0 Å². The van der Waals surface area contributed by atoms with E-state index in [0.717, 1.165) is 0 Å². The summed E-state index contributed by atoms with van der Waals surface area (Å²) < 4.78 is 0. The zero-order chi connectivity index (χ0) is 21.3.